The zero-order valence-electron chi connectivity index (χ0n) is 6.71. The lowest BCUT2D eigenvalue weighted by molar-refractivity contribution is 0.0639. The lowest BCUT2D eigenvalue weighted by Crippen LogP contribution is -2.32. The quantitative estimate of drug-likeness (QED) is 0.641. The molecule has 3 heteroatoms. The fourth-order valence-corrected chi connectivity index (χ4v) is 3.04. The van der Waals surface area contributed by atoms with E-state index in [1.54, 1.807) is 0 Å². The summed E-state index contributed by atoms with van der Waals surface area (Å²) in [7, 11) is 0. The summed E-state index contributed by atoms with van der Waals surface area (Å²) >= 11 is 2.08. The highest BCUT2D eigenvalue weighted by atomic mass is 32.2. The Hall–Kier alpha value is 0.270. The van der Waals surface area contributed by atoms with E-state index in [2.05, 4.69) is 17.1 Å². The molecule has 2 heterocycles. The predicted octanol–water partition coefficient (Wildman–Crippen LogP) is 1.08. The Balaban J connectivity index is 1.82. The molecule has 1 atom stereocenters. The maximum Gasteiger partial charge on any atom is 0.0563 e. The molecule has 0 bridgehead atoms. The second-order valence-electron chi connectivity index (χ2n) is 3.20. The molecule has 0 aromatic heterocycles. The Morgan fingerprint density at radius 2 is 2.09 bits per heavy atom. The largest absolute Gasteiger partial charge is 0.381 e. The molecule has 2 rings (SSSR count). The maximum atomic E-state index is 5.32. The average molecular weight is 173 g/mol. The molecule has 2 nitrogen and oxygen atoms in total. The van der Waals surface area contributed by atoms with E-state index in [1.807, 2.05) is 0 Å². The van der Waals surface area contributed by atoms with Crippen molar-refractivity contribution < 1.29 is 4.74 Å². The molecule has 0 aromatic carbocycles. The van der Waals surface area contributed by atoms with Gasteiger partial charge in [0.2, 0.25) is 0 Å². The van der Waals surface area contributed by atoms with Crippen LogP contribution >= 0.6 is 11.8 Å². The van der Waals surface area contributed by atoms with Crippen molar-refractivity contribution in [2.75, 3.05) is 25.5 Å². The maximum absolute atomic E-state index is 5.32. The van der Waals surface area contributed by atoms with Gasteiger partial charge in [-0.15, -0.1) is 11.8 Å². The van der Waals surface area contributed by atoms with Crippen molar-refractivity contribution in [2.45, 2.75) is 18.2 Å². The van der Waals surface area contributed by atoms with Crippen LogP contribution in [0.5, 0.6) is 0 Å². The van der Waals surface area contributed by atoms with Gasteiger partial charge in [0.1, 0.15) is 0 Å². The summed E-state index contributed by atoms with van der Waals surface area (Å²) in [5.74, 6) is 2.17. The standard InChI is InChI=1S/C8H15NOS/c1-4-10-5-2-7(1)8-9-3-6-11-8/h7-9H,1-6H2. The smallest absolute Gasteiger partial charge is 0.0563 e. The monoisotopic (exact) mass is 173 g/mol. The third-order valence-electron chi connectivity index (χ3n) is 2.44. The summed E-state index contributed by atoms with van der Waals surface area (Å²) in [4.78, 5) is 0. The van der Waals surface area contributed by atoms with Crippen molar-refractivity contribution in [1.82, 2.24) is 5.32 Å². The van der Waals surface area contributed by atoms with Gasteiger partial charge in [0, 0.05) is 25.5 Å². The van der Waals surface area contributed by atoms with Crippen molar-refractivity contribution in [3.63, 3.8) is 0 Å². The van der Waals surface area contributed by atoms with E-state index < -0.39 is 0 Å². The van der Waals surface area contributed by atoms with Gasteiger partial charge < -0.3 is 10.1 Å². The molecule has 0 radical (unpaired) electrons. The molecule has 0 spiro atoms. The number of nitrogens with one attached hydrogen (secondary N) is 1. The van der Waals surface area contributed by atoms with Gasteiger partial charge in [-0.3, -0.25) is 0 Å². The Morgan fingerprint density at radius 1 is 1.27 bits per heavy atom. The van der Waals surface area contributed by atoms with Crippen molar-refractivity contribution in [1.29, 1.82) is 0 Å². The Labute approximate surface area is 72.1 Å². The first kappa shape index (κ1) is 7.90. The number of rotatable bonds is 1. The van der Waals surface area contributed by atoms with Crippen LogP contribution in [0.3, 0.4) is 0 Å². The van der Waals surface area contributed by atoms with E-state index in [9.17, 15) is 0 Å². The van der Waals surface area contributed by atoms with Crippen molar-refractivity contribution in [3.05, 3.63) is 0 Å². The summed E-state index contributed by atoms with van der Waals surface area (Å²) in [5.41, 5.74) is 0. The molecule has 2 aliphatic rings. The first-order chi connectivity index (χ1) is 5.47. The van der Waals surface area contributed by atoms with Gasteiger partial charge in [-0.05, 0) is 18.8 Å². The highest BCUT2D eigenvalue weighted by Crippen LogP contribution is 2.28. The first-order valence-electron chi connectivity index (χ1n) is 4.39. The Bertz CT molecular complexity index is 119. The molecular weight excluding hydrogens is 158 g/mol. The number of thioether (sulfide) groups is 1. The van der Waals surface area contributed by atoms with E-state index in [4.69, 9.17) is 4.74 Å². The van der Waals surface area contributed by atoms with Crippen LogP contribution in [0, 0.1) is 5.92 Å². The van der Waals surface area contributed by atoms with Crippen LogP contribution in [0.2, 0.25) is 0 Å². The summed E-state index contributed by atoms with van der Waals surface area (Å²) in [6.45, 7) is 3.15. The summed E-state index contributed by atoms with van der Waals surface area (Å²) < 4.78 is 5.32. The van der Waals surface area contributed by atoms with Gasteiger partial charge in [-0.25, -0.2) is 0 Å². The average Bonchev–Trinajstić information content (AvgIpc) is 2.58. The highest BCUT2D eigenvalue weighted by Gasteiger charge is 2.26. The number of ether oxygens (including phenoxy) is 1. The predicted molar refractivity (Wildman–Crippen MR) is 47.8 cm³/mol. The minimum atomic E-state index is 0.735. The molecule has 2 fully saturated rings. The zero-order valence-corrected chi connectivity index (χ0v) is 7.53. The lowest BCUT2D eigenvalue weighted by Gasteiger charge is -2.26. The zero-order chi connectivity index (χ0) is 7.52. The van der Waals surface area contributed by atoms with Crippen LogP contribution in [0.1, 0.15) is 12.8 Å². The van der Waals surface area contributed by atoms with Gasteiger partial charge >= 0.3 is 0 Å². The molecule has 1 N–H and O–H groups in total. The molecule has 1 unspecified atom stereocenters. The highest BCUT2D eigenvalue weighted by molar-refractivity contribution is 8.00. The summed E-state index contributed by atoms with van der Waals surface area (Å²) in [6, 6.07) is 0. The van der Waals surface area contributed by atoms with E-state index in [1.165, 1.54) is 25.1 Å². The topological polar surface area (TPSA) is 21.3 Å². The van der Waals surface area contributed by atoms with Crippen molar-refractivity contribution in [3.8, 4) is 0 Å². The number of hydrogen-bond donors (Lipinski definition) is 1. The third-order valence-corrected chi connectivity index (χ3v) is 3.79. The molecule has 0 saturated carbocycles. The normalized spacial score (nSPS) is 34.4. The molecule has 64 valence electrons. The van der Waals surface area contributed by atoms with Crippen LogP contribution in [0.4, 0.5) is 0 Å². The van der Waals surface area contributed by atoms with Gasteiger partial charge in [0.15, 0.2) is 0 Å². The Kier molecular flexibility index (Phi) is 2.72. The number of hydrogen-bond acceptors (Lipinski definition) is 3. The summed E-state index contributed by atoms with van der Waals surface area (Å²) in [5, 5.41) is 4.27. The van der Waals surface area contributed by atoms with E-state index in [0.29, 0.717) is 0 Å². The van der Waals surface area contributed by atoms with E-state index >= 15 is 0 Å². The second-order valence-corrected chi connectivity index (χ2v) is 4.44. The first-order valence-corrected chi connectivity index (χ1v) is 5.44. The fraction of sp³-hybridized carbons (Fsp3) is 1.00. The molecule has 0 amide bonds. The lowest BCUT2D eigenvalue weighted by atomic mass is 10.0. The second kappa shape index (κ2) is 3.78. The fourth-order valence-electron chi connectivity index (χ4n) is 1.77. The molecule has 0 aromatic rings. The molecule has 2 saturated heterocycles. The molecular formula is C8H15NOS. The van der Waals surface area contributed by atoms with Gasteiger partial charge in [0.05, 0.1) is 5.37 Å². The summed E-state index contributed by atoms with van der Waals surface area (Å²) in [6.07, 6.45) is 2.51. The van der Waals surface area contributed by atoms with Crippen LogP contribution < -0.4 is 5.32 Å². The van der Waals surface area contributed by atoms with E-state index in [0.717, 1.165) is 24.5 Å². The van der Waals surface area contributed by atoms with Crippen molar-refractivity contribution >= 4 is 11.8 Å². The van der Waals surface area contributed by atoms with Gasteiger partial charge in [0.25, 0.3) is 0 Å². The van der Waals surface area contributed by atoms with Crippen LogP contribution in [0.25, 0.3) is 0 Å². The van der Waals surface area contributed by atoms with Gasteiger partial charge in [-0.1, -0.05) is 0 Å². The van der Waals surface area contributed by atoms with Crippen LogP contribution in [-0.4, -0.2) is 30.9 Å². The van der Waals surface area contributed by atoms with Crippen molar-refractivity contribution in [2.24, 2.45) is 5.92 Å². The Morgan fingerprint density at radius 3 is 2.73 bits per heavy atom. The SMILES string of the molecule is C1CSC(C2CCOCC2)N1. The third kappa shape index (κ3) is 1.89. The van der Waals surface area contributed by atoms with E-state index in [-0.39, 0.29) is 0 Å². The van der Waals surface area contributed by atoms with Gasteiger partial charge in [-0.2, -0.15) is 0 Å². The molecule has 11 heavy (non-hydrogen) atoms. The minimum absolute atomic E-state index is 0.735. The molecule has 2 aliphatic heterocycles. The van der Waals surface area contributed by atoms with Crippen LogP contribution in [-0.2, 0) is 4.74 Å². The minimum Gasteiger partial charge on any atom is -0.381 e. The molecule has 0 aliphatic carbocycles. The van der Waals surface area contributed by atoms with Crippen LogP contribution in [0.15, 0.2) is 0 Å².